The van der Waals surface area contributed by atoms with E-state index in [2.05, 4.69) is 63.1 Å². The lowest BCUT2D eigenvalue weighted by Gasteiger charge is -2.40. The number of amides is 1. The van der Waals surface area contributed by atoms with E-state index in [9.17, 15) is 9.59 Å². The van der Waals surface area contributed by atoms with Gasteiger partial charge in [-0.25, -0.2) is 9.78 Å². The van der Waals surface area contributed by atoms with Crippen molar-refractivity contribution >= 4 is 31.5 Å². The van der Waals surface area contributed by atoms with Gasteiger partial charge < -0.3 is 18.8 Å². The summed E-state index contributed by atoms with van der Waals surface area (Å²) in [7, 11) is -0.711. The summed E-state index contributed by atoms with van der Waals surface area (Å²) < 4.78 is 17.4. The van der Waals surface area contributed by atoms with Crippen LogP contribution >= 0.6 is 11.3 Å². The Morgan fingerprint density at radius 3 is 2.29 bits per heavy atom. The van der Waals surface area contributed by atoms with Gasteiger partial charge in [0.1, 0.15) is 10.8 Å². The third-order valence-electron chi connectivity index (χ3n) is 7.80. The van der Waals surface area contributed by atoms with E-state index in [-0.39, 0.29) is 17.6 Å². The summed E-state index contributed by atoms with van der Waals surface area (Å²) in [5, 5.41) is 0.618. The fourth-order valence-corrected chi connectivity index (χ4v) is 6.41. The summed E-state index contributed by atoms with van der Waals surface area (Å²) in [6.07, 6.45) is 1.94. The number of carbonyl (C=O) groups is 2. The number of thiazole rings is 1. The first kappa shape index (κ1) is 33.5. The molecule has 0 aliphatic carbocycles. The van der Waals surface area contributed by atoms with Crippen LogP contribution in [0.5, 0.6) is 5.75 Å². The summed E-state index contributed by atoms with van der Waals surface area (Å²) in [5.74, 6) is 0.186. The summed E-state index contributed by atoms with van der Waals surface area (Å²) in [4.78, 5) is 34.2. The SMILES string of the molecule is CCOC(=O)c1nc(CN(CCCCc2ccccc2)C(=O)C(O[Si](C)(C)C(C)(C)C)c2ccc(OC)cc2)sc1C. The van der Waals surface area contributed by atoms with Crippen molar-refractivity contribution in [2.45, 2.75) is 84.7 Å². The number of methoxy groups -OCH3 is 1. The molecule has 228 valence electrons. The monoisotopic (exact) mass is 610 g/mol. The molecule has 0 N–H and O–H groups in total. The fourth-order valence-electron chi connectivity index (χ4n) is 4.29. The number of unbranched alkanes of at least 4 members (excludes halogenated alkanes) is 1. The van der Waals surface area contributed by atoms with Crippen LogP contribution < -0.4 is 4.74 Å². The van der Waals surface area contributed by atoms with E-state index < -0.39 is 20.4 Å². The molecular weight excluding hydrogens is 565 g/mol. The Bertz CT molecular complexity index is 1300. The molecule has 0 saturated heterocycles. The van der Waals surface area contributed by atoms with Gasteiger partial charge in [-0.05, 0) is 74.5 Å². The Hall–Kier alpha value is -3.01. The molecule has 7 nitrogen and oxygen atoms in total. The minimum atomic E-state index is -2.34. The Morgan fingerprint density at radius 2 is 1.69 bits per heavy atom. The molecule has 9 heteroatoms. The summed E-state index contributed by atoms with van der Waals surface area (Å²) in [5.41, 5.74) is 2.39. The van der Waals surface area contributed by atoms with Gasteiger partial charge in [0.25, 0.3) is 5.91 Å². The highest BCUT2D eigenvalue weighted by atomic mass is 32.1. The molecule has 0 saturated carbocycles. The number of hydrogen-bond donors (Lipinski definition) is 0. The van der Waals surface area contributed by atoms with E-state index in [4.69, 9.17) is 13.9 Å². The molecule has 1 amide bonds. The predicted octanol–water partition coefficient (Wildman–Crippen LogP) is 7.75. The Balaban J connectivity index is 1.92. The average Bonchev–Trinajstić information content (AvgIpc) is 3.33. The highest BCUT2D eigenvalue weighted by molar-refractivity contribution is 7.11. The van der Waals surface area contributed by atoms with E-state index in [0.29, 0.717) is 23.8 Å². The summed E-state index contributed by atoms with van der Waals surface area (Å²) in [6, 6.07) is 17.9. The van der Waals surface area contributed by atoms with Gasteiger partial charge in [-0.1, -0.05) is 63.2 Å². The number of aromatic nitrogens is 1. The van der Waals surface area contributed by atoms with Gasteiger partial charge in [0.2, 0.25) is 0 Å². The van der Waals surface area contributed by atoms with Crippen LogP contribution in [0.4, 0.5) is 0 Å². The number of nitrogens with zero attached hydrogens (tertiary/aromatic N) is 2. The van der Waals surface area contributed by atoms with E-state index in [1.54, 1.807) is 14.0 Å². The smallest absolute Gasteiger partial charge is 0.358 e. The normalized spacial score (nSPS) is 12.6. The van der Waals surface area contributed by atoms with Crippen LogP contribution in [-0.2, 0) is 26.9 Å². The predicted molar refractivity (Wildman–Crippen MR) is 172 cm³/mol. The van der Waals surface area contributed by atoms with Gasteiger partial charge in [-0.3, -0.25) is 4.79 Å². The number of esters is 1. The molecule has 42 heavy (non-hydrogen) atoms. The number of ether oxygens (including phenoxy) is 2. The molecule has 3 rings (SSSR count). The molecule has 1 unspecified atom stereocenters. The molecule has 1 heterocycles. The largest absolute Gasteiger partial charge is 0.497 e. The standard InChI is InChI=1S/C33H46N2O5SSi/c1-9-39-32(37)29-24(2)41-28(34-29)23-35(22-14-13-17-25-15-11-10-12-16-25)31(36)30(40-42(7,8)33(3,4)5)26-18-20-27(38-6)21-19-26/h10-12,15-16,18-21,30H,9,13-14,17,22-23H2,1-8H3. The highest BCUT2D eigenvalue weighted by Crippen LogP contribution is 2.40. The van der Waals surface area contributed by atoms with Gasteiger partial charge in [-0.2, -0.15) is 0 Å². The fraction of sp³-hybridized carbons (Fsp3) is 0.485. The zero-order valence-corrected chi connectivity index (χ0v) is 28.2. The second kappa shape index (κ2) is 14.9. The minimum Gasteiger partial charge on any atom is -0.497 e. The number of aryl methyl sites for hydroxylation is 2. The first-order valence-electron chi connectivity index (χ1n) is 14.6. The lowest BCUT2D eigenvalue weighted by Crippen LogP contribution is -2.46. The molecule has 0 aliphatic heterocycles. The van der Waals surface area contributed by atoms with E-state index in [0.717, 1.165) is 35.5 Å². The van der Waals surface area contributed by atoms with Crippen molar-refractivity contribution in [3.8, 4) is 5.75 Å². The van der Waals surface area contributed by atoms with Crippen molar-refractivity contribution in [1.29, 1.82) is 0 Å². The van der Waals surface area contributed by atoms with E-state index >= 15 is 0 Å². The number of rotatable bonds is 14. The second-order valence-electron chi connectivity index (χ2n) is 12.0. The lowest BCUT2D eigenvalue weighted by molar-refractivity contribution is -0.140. The number of hydrogen-bond acceptors (Lipinski definition) is 7. The first-order valence-corrected chi connectivity index (χ1v) is 18.4. The molecule has 3 aromatic rings. The van der Waals surface area contributed by atoms with Crippen molar-refractivity contribution < 1.29 is 23.5 Å². The Morgan fingerprint density at radius 1 is 1.02 bits per heavy atom. The van der Waals surface area contributed by atoms with Gasteiger partial charge in [0.15, 0.2) is 20.1 Å². The molecule has 0 radical (unpaired) electrons. The second-order valence-corrected chi connectivity index (χ2v) is 18.0. The Labute approximate surface area is 256 Å². The van der Waals surface area contributed by atoms with E-state index in [1.807, 2.05) is 42.2 Å². The summed E-state index contributed by atoms with van der Waals surface area (Å²) in [6.45, 7) is 15.6. The summed E-state index contributed by atoms with van der Waals surface area (Å²) >= 11 is 1.43. The van der Waals surface area contributed by atoms with Crippen LogP contribution in [0.1, 0.15) is 78.1 Å². The van der Waals surface area contributed by atoms with Gasteiger partial charge in [0.05, 0.1) is 20.3 Å². The van der Waals surface area contributed by atoms with Crippen LogP contribution in [0.2, 0.25) is 18.1 Å². The van der Waals surface area contributed by atoms with Crippen LogP contribution in [0.3, 0.4) is 0 Å². The molecular formula is C33H46N2O5SSi. The molecule has 0 spiro atoms. The Kier molecular flexibility index (Phi) is 11.9. The molecule has 0 aliphatic rings. The lowest BCUT2D eigenvalue weighted by atomic mass is 10.1. The number of carbonyl (C=O) groups excluding carboxylic acids is 2. The van der Waals surface area contributed by atoms with Crippen molar-refractivity contribution in [2.24, 2.45) is 0 Å². The van der Waals surface area contributed by atoms with Crippen molar-refractivity contribution in [3.63, 3.8) is 0 Å². The molecule has 1 aromatic heterocycles. The molecule has 0 bridgehead atoms. The molecule has 2 aromatic carbocycles. The van der Waals surface area contributed by atoms with Gasteiger partial charge in [-0.15, -0.1) is 11.3 Å². The third kappa shape index (κ3) is 8.99. The maximum Gasteiger partial charge on any atom is 0.358 e. The minimum absolute atomic E-state index is 0.0839. The average molecular weight is 611 g/mol. The van der Waals surface area contributed by atoms with Crippen molar-refractivity contribution in [1.82, 2.24) is 9.88 Å². The topological polar surface area (TPSA) is 78.0 Å². The highest BCUT2D eigenvalue weighted by Gasteiger charge is 2.42. The molecule has 0 fully saturated rings. The maximum absolute atomic E-state index is 14.5. The van der Waals surface area contributed by atoms with Crippen LogP contribution in [0.25, 0.3) is 0 Å². The van der Waals surface area contributed by atoms with E-state index in [1.165, 1.54) is 16.9 Å². The van der Waals surface area contributed by atoms with Crippen molar-refractivity contribution in [3.05, 3.63) is 81.3 Å². The van der Waals surface area contributed by atoms with Crippen molar-refractivity contribution in [2.75, 3.05) is 20.3 Å². The van der Waals surface area contributed by atoms with Crippen LogP contribution in [0.15, 0.2) is 54.6 Å². The first-order chi connectivity index (χ1) is 19.9. The maximum atomic E-state index is 14.5. The van der Waals surface area contributed by atoms with Gasteiger partial charge in [0, 0.05) is 11.4 Å². The van der Waals surface area contributed by atoms with Crippen LogP contribution in [-0.4, -0.2) is 50.3 Å². The quantitative estimate of drug-likeness (QED) is 0.106. The van der Waals surface area contributed by atoms with Gasteiger partial charge >= 0.3 is 5.97 Å². The number of benzene rings is 2. The zero-order chi connectivity index (χ0) is 30.9. The van der Waals surface area contributed by atoms with Crippen LogP contribution in [0, 0.1) is 6.92 Å². The third-order valence-corrected chi connectivity index (χ3v) is 13.2. The molecule has 1 atom stereocenters. The zero-order valence-electron chi connectivity index (χ0n) is 26.4.